The molecule has 4 rings (SSSR count). The number of benzene rings is 2. The van der Waals surface area contributed by atoms with Crippen molar-refractivity contribution in [3.8, 4) is 11.8 Å². The molecule has 0 fully saturated rings. The fourth-order valence-electron chi connectivity index (χ4n) is 3.90. The molecule has 1 unspecified atom stereocenters. The Hall–Kier alpha value is -3.62. The molecule has 3 N–H and O–H groups in total. The van der Waals surface area contributed by atoms with Gasteiger partial charge in [0.2, 0.25) is 5.72 Å². The number of nitrogens with one attached hydrogen (secondary N) is 2. The van der Waals surface area contributed by atoms with Crippen molar-refractivity contribution in [2.24, 2.45) is 4.99 Å². The van der Waals surface area contributed by atoms with Gasteiger partial charge < -0.3 is 15.2 Å². The van der Waals surface area contributed by atoms with Gasteiger partial charge in [0.05, 0.1) is 11.7 Å². The van der Waals surface area contributed by atoms with Crippen LogP contribution >= 0.6 is 0 Å². The van der Waals surface area contributed by atoms with Gasteiger partial charge in [0, 0.05) is 11.1 Å². The van der Waals surface area contributed by atoms with Crippen LogP contribution in [0.25, 0.3) is 0 Å². The molecule has 2 aliphatic rings. The molecule has 11 heteroatoms. The number of carboxylic acid groups (broad SMARTS) is 1. The summed E-state index contributed by atoms with van der Waals surface area (Å²) in [5.41, 5.74) is 6.63. The van der Waals surface area contributed by atoms with Crippen LogP contribution in [0.5, 0.6) is 5.75 Å². The van der Waals surface area contributed by atoms with E-state index in [1.165, 1.54) is 11.1 Å². The number of hydrogen-bond acceptors (Lipinski definition) is 7. The monoisotopic (exact) mass is 490 g/mol. The number of carbonyl (C=O) groups is 1. The maximum Gasteiger partial charge on any atom is 0.490 e. The number of aliphatic imine (C=N–C) groups is 1. The summed E-state index contributed by atoms with van der Waals surface area (Å²) in [5.74, 6) is -2.19. The Morgan fingerprint density at radius 2 is 1.97 bits per heavy atom. The molecule has 8 nitrogen and oxygen atoms in total. The highest BCUT2D eigenvalue weighted by Crippen LogP contribution is 2.41. The first-order valence-electron chi connectivity index (χ1n) is 10.9. The Balaban J connectivity index is 0.000000429. The van der Waals surface area contributed by atoms with E-state index in [1.54, 1.807) is 6.34 Å². The third kappa shape index (κ3) is 5.90. The van der Waals surface area contributed by atoms with Gasteiger partial charge in [-0.3, -0.25) is 5.48 Å². The van der Waals surface area contributed by atoms with Crippen LogP contribution in [0.1, 0.15) is 41.7 Å². The summed E-state index contributed by atoms with van der Waals surface area (Å²) in [6, 6.07) is 14.1. The summed E-state index contributed by atoms with van der Waals surface area (Å²) >= 11 is 0. The summed E-state index contributed by atoms with van der Waals surface area (Å²) < 4.78 is 37.5. The molecule has 1 atom stereocenters. The molecule has 0 bridgehead atoms. The second-order valence-corrected chi connectivity index (χ2v) is 8.11. The summed E-state index contributed by atoms with van der Waals surface area (Å²) in [7, 11) is 0. The second kappa shape index (κ2) is 10.8. The van der Waals surface area contributed by atoms with Crippen molar-refractivity contribution in [2.75, 3.05) is 13.1 Å². The molecule has 186 valence electrons. The summed E-state index contributed by atoms with van der Waals surface area (Å²) in [6.45, 7) is 5.77. The Morgan fingerprint density at radius 1 is 1.26 bits per heavy atom. The van der Waals surface area contributed by atoms with E-state index in [9.17, 15) is 18.4 Å². The molecule has 0 aliphatic carbocycles. The van der Waals surface area contributed by atoms with E-state index < -0.39 is 17.9 Å². The van der Waals surface area contributed by atoms with Gasteiger partial charge in [-0.1, -0.05) is 18.2 Å². The van der Waals surface area contributed by atoms with Gasteiger partial charge in [-0.25, -0.2) is 14.6 Å². The highest BCUT2D eigenvalue weighted by atomic mass is 19.4. The van der Waals surface area contributed by atoms with Crippen molar-refractivity contribution >= 4 is 12.3 Å². The first-order valence-corrected chi connectivity index (χ1v) is 10.9. The molecule has 2 aromatic rings. The van der Waals surface area contributed by atoms with Crippen LogP contribution in [0.3, 0.4) is 0 Å². The van der Waals surface area contributed by atoms with Gasteiger partial charge in [-0.2, -0.15) is 18.4 Å². The minimum Gasteiger partial charge on any atom is -0.490 e. The fourth-order valence-corrected chi connectivity index (χ4v) is 3.90. The number of nitriles is 1. The van der Waals surface area contributed by atoms with E-state index in [1.807, 2.05) is 32.0 Å². The largest absolute Gasteiger partial charge is 0.490 e. The van der Waals surface area contributed by atoms with Crippen molar-refractivity contribution in [1.29, 1.82) is 5.26 Å². The van der Waals surface area contributed by atoms with E-state index in [4.69, 9.17) is 19.5 Å². The lowest BCUT2D eigenvalue weighted by Gasteiger charge is -2.29. The molecule has 2 heterocycles. The van der Waals surface area contributed by atoms with Crippen LogP contribution in [0, 0.1) is 11.3 Å². The quantitative estimate of drug-likeness (QED) is 0.601. The minimum absolute atomic E-state index is 0.00767. The van der Waals surface area contributed by atoms with Crippen LogP contribution in [0.4, 0.5) is 13.2 Å². The third-order valence-corrected chi connectivity index (χ3v) is 5.36. The average molecular weight is 490 g/mol. The minimum atomic E-state index is -5.08. The molecule has 0 saturated heterocycles. The van der Waals surface area contributed by atoms with Gasteiger partial charge in [0.25, 0.3) is 0 Å². The van der Waals surface area contributed by atoms with Gasteiger partial charge in [0.1, 0.15) is 18.2 Å². The summed E-state index contributed by atoms with van der Waals surface area (Å²) in [5, 5.41) is 20.2. The zero-order valence-electron chi connectivity index (χ0n) is 19.1. The predicted octanol–water partition coefficient (Wildman–Crippen LogP) is 3.43. The number of hydrogen-bond donors (Lipinski definition) is 3. The van der Waals surface area contributed by atoms with Crippen molar-refractivity contribution in [1.82, 2.24) is 10.8 Å². The molecular weight excluding hydrogens is 465 g/mol. The summed E-state index contributed by atoms with van der Waals surface area (Å²) in [6.07, 6.45) is -1.64. The molecule has 0 amide bonds. The van der Waals surface area contributed by atoms with Crippen molar-refractivity contribution < 1.29 is 32.6 Å². The zero-order valence-corrected chi connectivity index (χ0v) is 19.1. The smallest absolute Gasteiger partial charge is 0.490 e. The van der Waals surface area contributed by atoms with Crippen molar-refractivity contribution in [2.45, 2.75) is 44.7 Å². The van der Waals surface area contributed by atoms with E-state index >= 15 is 0 Å². The SMILES string of the molecule is CC(C)Oc1ccc(C2(c3cccc4c3CCNCC4)N=CNO2)cc1C#N.O=C(O)C(F)(F)F. The number of hydroxylamine groups is 1. The lowest BCUT2D eigenvalue weighted by atomic mass is 9.86. The molecule has 0 aromatic heterocycles. The number of fused-ring (bicyclic) bond motifs is 1. The topological polar surface area (TPSA) is 116 Å². The molecule has 2 aliphatic heterocycles. The van der Waals surface area contributed by atoms with Crippen LogP contribution < -0.4 is 15.5 Å². The first-order chi connectivity index (χ1) is 16.6. The molecule has 0 radical (unpaired) electrons. The lowest BCUT2D eigenvalue weighted by Crippen LogP contribution is -2.30. The van der Waals surface area contributed by atoms with Gasteiger partial charge in [-0.05, 0) is 69.1 Å². The maximum absolute atomic E-state index is 10.6. The van der Waals surface area contributed by atoms with Gasteiger partial charge >= 0.3 is 12.1 Å². The second-order valence-electron chi connectivity index (χ2n) is 8.11. The first kappa shape index (κ1) is 26.0. The number of alkyl halides is 3. The van der Waals surface area contributed by atoms with Crippen molar-refractivity contribution in [3.05, 3.63) is 64.2 Å². The van der Waals surface area contributed by atoms with E-state index in [2.05, 4.69) is 40.1 Å². The average Bonchev–Trinajstić information content (AvgIpc) is 3.17. The Bertz CT molecular complexity index is 1140. The van der Waals surface area contributed by atoms with Crippen LogP contribution in [-0.2, 0) is 28.2 Å². The van der Waals surface area contributed by atoms with E-state index in [-0.39, 0.29) is 6.10 Å². The molecule has 0 saturated carbocycles. The third-order valence-electron chi connectivity index (χ3n) is 5.36. The fraction of sp³-hybridized carbons (Fsp3) is 0.375. The number of halogens is 3. The van der Waals surface area contributed by atoms with Crippen LogP contribution in [0.15, 0.2) is 41.4 Å². The van der Waals surface area contributed by atoms with Crippen molar-refractivity contribution in [3.63, 3.8) is 0 Å². The standard InChI is InChI=1S/C22H24N4O2.C2HF3O2/c1-15(2)27-21-7-6-18(12-17(21)13-23)22(25-14-26-28-22)20-5-3-4-16-8-10-24-11-9-19(16)20;3-2(4,5)1(6)7/h3-7,12,14-15,24H,8-11H2,1-2H3,(H,25,26);(H,6,7). The van der Waals surface area contributed by atoms with Crippen LogP contribution in [-0.4, -0.2) is 42.8 Å². The molecule has 0 spiro atoms. The lowest BCUT2D eigenvalue weighted by molar-refractivity contribution is -0.192. The molecule has 2 aromatic carbocycles. The Labute approximate surface area is 200 Å². The highest BCUT2D eigenvalue weighted by molar-refractivity contribution is 5.73. The molecule has 35 heavy (non-hydrogen) atoms. The van der Waals surface area contributed by atoms with E-state index in [0.29, 0.717) is 11.3 Å². The normalized spacial score (nSPS) is 19.0. The number of nitrogens with zero attached hydrogens (tertiary/aromatic N) is 2. The predicted molar refractivity (Wildman–Crippen MR) is 121 cm³/mol. The number of rotatable bonds is 4. The number of ether oxygens (including phenoxy) is 1. The molecular formula is C24H25F3N4O4. The number of carboxylic acids is 1. The van der Waals surface area contributed by atoms with E-state index in [0.717, 1.165) is 37.1 Å². The Kier molecular flexibility index (Phi) is 7.99. The number of aliphatic carboxylic acids is 1. The highest BCUT2D eigenvalue weighted by Gasteiger charge is 2.41. The Morgan fingerprint density at radius 3 is 2.57 bits per heavy atom. The van der Waals surface area contributed by atoms with Gasteiger partial charge in [-0.15, -0.1) is 0 Å². The van der Waals surface area contributed by atoms with Gasteiger partial charge in [0.15, 0.2) is 0 Å². The summed E-state index contributed by atoms with van der Waals surface area (Å²) in [4.78, 5) is 19.6. The zero-order chi connectivity index (χ0) is 25.6. The maximum atomic E-state index is 10.6. The van der Waals surface area contributed by atoms with Crippen LogP contribution in [0.2, 0.25) is 0 Å².